The van der Waals surface area contributed by atoms with E-state index in [1.807, 2.05) is 6.07 Å². The van der Waals surface area contributed by atoms with Crippen molar-refractivity contribution in [3.05, 3.63) is 102 Å². The average molecular weight is 298 g/mol. The Morgan fingerprint density at radius 1 is 0.783 bits per heavy atom. The highest BCUT2D eigenvalue weighted by molar-refractivity contribution is 5.69. The first kappa shape index (κ1) is 15.3. The summed E-state index contributed by atoms with van der Waals surface area (Å²) in [6.45, 7) is 6.40. The van der Waals surface area contributed by atoms with Gasteiger partial charge < -0.3 is 0 Å². The van der Waals surface area contributed by atoms with Crippen LogP contribution in [0.5, 0.6) is 0 Å². The molecule has 0 radical (unpaired) electrons. The van der Waals surface area contributed by atoms with Crippen LogP contribution < -0.4 is 0 Å². The van der Waals surface area contributed by atoms with Gasteiger partial charge in [-0.1, -0.05) is 91.0 Å². The lowest BCUT2D eigenvalue weighted by atomic mass is 9.97. The molecule has 0 aliphatic rings. The summed E-state index contributed by atoms with van der Waals surface area (Å²) in [5, 5.41) is 0. The minimum Gasteiger partial charge on any atom is -0.0952 e. The molecule has 114 valence electrons. The largest absolute Gasteiger partial charge is 0.0952 e. The van der Waals surface area contributed by atoms with Gasteiger partial charge in [0.15, 0.2) is 0 Å². The topological polar surface area (TPSA) is 0 Å². The quantitative estimate of drug-likeness (QED) is 0.518. The van der Waals surface area contributed by atoms with Crippen LogP contribution in [0, 0.1) is 6.92 Å². The Morgan fingerprint density at radius 3 is 2.17 bits per heavy atom. The van der Waals surface area contributed by atoms with Crippen LogP contribution >= 0.6 is 0 Å². The molecule has 0 unspecified atom stereocenters. The number of hydrogen-bond donors (Lipinski definition) is 0. The van der Waals surface area contributed by atoms with E-state index in [2.05, 4.69) is 86.3 Å². The molecular weight excluding hydrogens is 276 g/mol. The van der Waals surface area contributed by atoms with Crippen molar-refractivity contribution < 1.29 is 0 Å². The van der Waals surface area contributed by atoms with E-state index in [1.165, 1.54) is 33.4 Å². The van der Waals surface area contributed by atoms with Gasteiger partial charge in [0, 0.05) is 0 Å². The maximum atomic E-state index is 4.26. The molecule has 0 heteroatoms. The van der Waals surface area contributed by atoms with Crippen LogP contribution in [0.25, 0.3) is 16.7 Å². The fourth-order valence-corrected chi connectivity index (χ4v) is 2.84. The van der Waals surface area contributed by atoms with Gasteiger partial charge in [-0.3, -0.25) is 0 Å². The average Bonchev–Trinajstić information content (AvgIpc) is 2.61. The van der Waals surface area contributed by atoms with Gasteiger partial charge in [0.1, 0.15) is 0 Å². The fraction of sp³-hybridized carbons (Fsp3) is 0.130. The number of benzene rings is 3. The van der Waals surface area contributed by atoms with Crippen molar-refractivity contribution in [2.24, 2.45) is 0 Å². The molecule has 0 N–H and O–H groups in total. The van der Waals surface area contributed by atoms with Gasteiger partial charge in [0.2, 0.25) is 0 Å². The van der Waals surface area contributed by atoms with Crippen molar-refractivity contribution in [3.8, 4) is 11.1 Å². The molecule has 3 aromatic carbocycles. The summed E-state index contributed by atoms with van der Waals surface area (Å²) < 4.78 is 0. The highest BCUT2D eigenvalue weighted by atomic mass is 14.1. The number of hydrogen-bond acceptors (Lipinski definition) is 0. The minimum atomic E-state index is 0.994. The van der Waals surface area contributed by atoms with E-state index in [0.717, 1.165) is 12.8 Å². The van der Waals surface area contributed by atoms with E-state index < -0.39 is 0 Å². The lowest BCUT2D eigenvalue weighted by Crippen LogP contribution is -1.90. The summed E-state index contributed by atoms with van der Waals surface area (Å²) in [4.78, 5) is 0. The van der Waals surface area contributed by atoms with Crippen molar-refractivity contribution in [1.29, 1.82) is 0 Å². The van der Waals surface area contributed by atoms with Crippen molar-refractivity contribution >= 4 is 5.57 Å². The van der Waals surface area contributed by atoms with Gasteiger partial charge in [0.05, 0.1) is 0 Å². The smallest absolute Gasteiger partial charge is 0.0184 e. The van der Waals surface area contributed by atoms with Crippen LogP contribution in [0.2, 0.25) is 0 Å². The Hall–Kier alpha value is -2.60. The van der Waals surface area contributed by atoms with Crippen LogP contribution in [-0.4, -0.2) is 0 Å². The predicted octanol–water partition coefficient (Wildman–Crippen LogP) is 6.31. The van der Waals surface area contributed by atoms with Gasteiger partial charge in [-0.25, -0.2) is 0 Å². The number of allylic oxidation sites excluding steroid dienone is 1. The van der Waals surface area contributed by atoms with E-state index >= 15 is 0 Å². The maximum absolute atomic E-state index is 4.26. The first-order valence-electron chi connectivity index (χ1n) is 8.11. The van der Waals surface area contributed by atoms with Crippen LogP contribution in [0.4, 0.5) is 0 Å². The van der Waals surface area contributed by atoms with Crippen molar-refractivity contribution in [1.82, 2.24) is 0 Å². The molecule has 0 aromatic heterocycles. The summed E-state index contributed by atoms with van der Waals surface area (Å²) in [7, 11) is 0. The molecule has 0 nitrogen and oxygen atoms in total. The summed E-state index contributed by atoms with van der Waals surface area (Å²) in [6.07, 6.45) is 2.04. The first-order valence-corrected chi connectivity index (χ1v) is 8.11. The molecule has 3 rings (SSSR count). The first-order chi connectivity index (χ1) is 11.2. The highest BCUT2D eigenvalue weighted by Crippen LogP contribution is 2.24. The number of aryl methyl sites for hydroxylation is 2. The Kier molecular flexibility index (Phi) is 4.73. The monoisotopic (exact) mass is 298 g/mol. The predicted molar refractivity (Wildman–Crippen MR) is 100 cm³/mol. The Bertz CT molecular complexity index is 780. The molecule has 0 aliphatic carbocycles. The molecule has 0 spiro atoms. The second-order valence-electron chi connectivity index (χ2n) is 6.04. The summed E-state index contributed by atoms with van der Waals surface area (Å²) in [5.41, 5.74) is 7.64. The third kappa shape index (κ3) is 3.98. The van der Waals surface area contributed by atoms with Crippen LogP contribution in [0.1, 0.15) is 23.1 Å². The fourth-order valence-electron chi connectivity index (χ4n) is 2.84. The molecule has 0 saturated heterocycles. The molecule has 0 atom stereocenters. The summed E-state index contributed by atoms with van der Waals surface area (Å²) in [6, 6.07) is 27.9. The van der Waals surface area contributed by atoms with Gasteiger partial charge in [0.25, 0.3) is 0 Å². The summed E-state index contributed by atoms with van der Waals surface area (Å²) in [5.74, 6) is 0. The zero-order chi connectivity index (χ0) is 16.1. The molecule has 0 bridgehead atoms. The van der Waals surface area contributed by atoms with Gasteiger partial charge in [-0.2, -0.15) is 0 Å². The second kappa shape index (κ2) is 7.11. The van der Waals surface area contributed by atoms with Gasteiger partial charge >= 0.3 is 0 Å². The lowest BCUT2D eigenvalue weighted by molar-refractivity contribution is 1.02. The standard InChI is InChI=1S/C23H22/c1-18-7-6-8-20(17-18)12-11-19(2)21-13-15-23(16-14-21)22-9-4-3-5-10-22/h3-10,13-17H,2,11-12H2,1H3. The molecule has 0 fully saturated rings. The maximum Gasteiger partial charge on any atom is -0.0184 e. The highest BCUT2D eigenvalue weighted by Gasteiger charge is 2.02. The molecule has 0 saturated carbocycles. The van der Waals surface area contributed by atoms with E-state index in [1.54, 1.807) is 0 Å². The van der Waals surface area contributed by atoms with Crippen LogP contribution in [0.15, 0.2) is 85.4 Å². The summed E-state index contributed by atoms with van der Waals surface area (Å²) >= 11 is 0. The van der Waals surface area contributed by atoms with Crippen molar-refractivity contribution in [2.45, 2.75) is 19.8 Å². The second-order valence-corrected chi connectivity index (χ2v) is 6.04. The van der Waals surface area contributed by atoms with Crippen molar-refractivity contribution in [3.63, 3.8) is 0 Å². The molecule has 3 aromatic rings. The Labute approximate surface area is 139 Å². The van der Waals surface area contributed by atoms with Crippen LogP contribution in [-0.2, 0) is 6.42 Å². The lowest BCUT2D eigenvalue weighted by Gasteiger charge is -2.08. The molecular formula is C23H22. The zero-order valence-corrected chi connectivity index (χ0v) is 13.6. The van der Waals surface area contributed by atoms with E-state index in [9.17, 15) is 0 Å². The molecule has 0 heterocycles. The Balaban J connectivity index is 1.66. The normalized spacial score (nSPS) is 10.5. The molecule has 23 heavy (non-hydrogen) atoms. The van der Waals surface area contributed by atoms with Crippen molar-refractivity contribution in [2.75, 3.05) is 0 Å². The molecule has 0 amide bonds. The third-order valence-electron chi connectivity index (χ3n) is 4.20. The zero-order valence-electron chi connectivity index (χ0n) is 13.6. The molecule has 0 aliphatic heterocycles. The van der Waals surface area contributed by atoms with E-state index in [4.69, 9.17) is 0 Å². The minimum absolute atomic E-state index is 0.994. The number of rotatable bonds is 5. The van der Waals surface area contributed by atoms with Crippen LogP contribution in [0.3, 0.4) is 0 Å². The van der Waals surface area contributed by atoms with Gasteiger partial charge in [-0.05, 0) is 47.6 Å². The Morgan fingerprint density at radius 2 is 1.48 bits per heavy atom. The van der Waals surface area contributed by atoms with Gasteiger partial charge in [-0.15, -0.1) is 0 Å². The SMILES string of the molecule is C=C(CCc1cccc(C)c1)c1ccc(-c2ccccc2)cc1. The third-order valence-corrected chi connectivity index (χ3v) is 4.20. The van der Waals surface area contributed by atoms with E-state index in [0.29, 0.717) is 0 Å². The van der Waals surface area contributed by atoms with E-state index in [-0.39, 0.29) is 0 Å².